The number of rotatable bonds is 3. The molecule has 7 heteroatoms. The summed E-state index contributed by atoms with van der Waals surface area (Å²) in [6, 6.07) is 8.09. The van der Waals surface area contributed by atoms with E-state index in [1.54, 1.807) is 10.9 Å². The number of halogens is 1. The van der Waals surface area contributed by atoms with E-state index >= 15 is 0 Å². The second-order valence-corrected chi connectivity index (χ2v) is 5.05. The van der Waals surface area contributed by atoms with Crippen LogP contribution in [0.1, 0.15) is 22.5 Å². The molecule has 2 heterocycles. The highest BCUT2D eigenvalue weighted by Gasteiger charge is 2.19. The SMILES string of the molecule is Cc1ccc(-n2cc(C(=O)NC3CCNC3)nn2)cc1.Cl. The molecule has 2 aromatic rings. The van der Waals surface area contributed by atoms with Gasteiger partial charge in [0.15, 0.2) is 5.69 Å². The molecule has 0 spiro atoms. The van der Waals surface area contributed by atoms with E-state index in [4.69, 9.17) is 0 Å². The van der Waals surface area contributed by atoms with Crippen LogP contribution in [0.4, 0.5) is 0 Å². The van der Waals surface area contributed by atoms with Crippen LogP contribution in [-0.4, -0.2) is 40.0 Å². The van der Waals surface area contributed by atoms with Crippen LogP contribution in [0, 0.1) is 6.92 Å². The first-order chi connectivity index (χ1) is 9.72. The molecule has 1 atom stereocenters. The van der Waals surface area contributed by atoms with Crippen molar-refractivity contribution < 1.29 is 4.79 Å². The molecule has 2 N–H and O–H groups in total. The zero-order valence-corrected chi connectivity index (χ0v) is 12.6. The lowest BCUT2D eigenvalue weighted by molar-refractivity contribution is 0.0935. The molecular weight excluding hydrogens is 290 g/mol. The average molecular weight is 308 g/mol. The average Bonchev–Trinajstić information content (AvgIpc) is 3.10. The molecule has 1 amide bonds. The summed E-state index contributed by atoms with van der Waals surface area (Å²) in [7, 11) is 0. The topological polar surface area (TPSA) is 71.8 Å². The number of nitrogens with one attached hydrogen (secondary N) is 2. The zero-order valence-electron chi connectivity index (χ0n) is 11.7. The van der Waals surface area contributed by atoms with E-state index in [0.717, 1.165) is 25.2 Å². The molecule has 1 unspecified atom stereocenters. The van der Waals surface area contributed by atoms with E-state index in [-0.39, 0.29) is 24.4 Å². The summed E-state index contributed by atoms with van der Waals surface area (Å²) in [5.74, 6) is -0.169. The minimum absolute atomic E-state index is 0. The first-order valence-electron chi connectivity index (χ1n) is 6.73. The molecule has 1 aliphatic heterocycles. The number of carbonyl (C=O) groups excluding carboxylic acids is 1. The fourth-order valence-corrected chi connectivity index (χ4v) is 2.23. The van der Waals surface area contributed by atoms with Crippen molar-refractivity contribution in [1.29, 1.82) is 0 Å². The lowest BCUT2D eigenvalue weighted by Gasteiger charge is -2.08. The molecule has 112 valence electrons. The molecule has 0 saturated carbocycles. The Bertz CT molecular complexity index is 604. The predicted molar refractivity (Wildman–Crippen MR) is 82.1 cm³/mol. The van der Waals surface area contributed by atoms with E-state index in [0.29, 0.717) is 5.69 Å². The third-order valence-corrected chi connectivity index (χ3v) is 3.42. The number of nitrogens with zero attached hydrogens (tertiary/aromatic N) is 3. The summed E-state index contributed by atoms with van der Waals surface area (Å²) >= 11 is 0. The second-order valence-electron chi connectivity index (χ2n) is 5.05. The van der Waals surface area contributed by atoms with Crippen molar-refractivity contribution >= 4 is 18.3 Å². The Hall–Kier alpha value is -1.92. The molecule has 1 aromatic heterocycles. The Morgan fingerprint density at radius 2 is 2.14 bits per heavy atom. The van der Waals surface area contributed by atoms with Crippen LogP contribution >= 0.6 is 12.4 Å². The number of aromatic nitrogens is 3. The van der Waals surface area contributed by atoms with Gasteiger partial charge in [-0.2, -0.15) is 0 Å². The monoisotopic (exact) mass is 307 g/mol. The number of hydrogen-bond acceptors (Lipinski definition) is 4. The van der Waals surface area contributed by atoms with Crippen LogP contribution in [0.25, 0.3) is 5.69 Å². The van der Waals surface area contributed by atoms with Crippen LogP contribution in [0.3, 0.4) is 0 Å². The smallest absolute Gasteiger partial charge is 0.273 e. The molecule has 3 rings (SSSR count). The van der Waals surface area contributed by atoms with E-state index in [2.05, 4.69) is 20.9 Å². The maximum absolute atomic E-state index is 12.0. The van der Waals surface area contributed by atoms with Gasteiger partial charge in [0, 0.05) is 12.6 Å². The lowest BCUT2D eigenvalue weighted by atomic mass is 10.2. The quantitative estimate of drug-likeness (QED) is 0.890. The standard InChI is InChI=1S/C14H17N5O.ClH/c1-10-2-4-12(5-3-10)19-9-13(17-18-19)14(20)16-11-6-7-15-8-11;/h2-5,9,11,15H,6-8H2,1H3,(H,16,20);1H. The Labute approximate surface area is 129 Å². The van der Waals surface area contributed by atoms with Crippen molar-refractivity contribution in [2.24, 2.45) is 0 Å². The summed E-state index contributed by atoms with van der Waals surface area (Å²) in [5.41, 5.74) is 2.42. The molecule has 1 fully saturated rings. The normalized spacial score (nSPS) is 17.3. The van der Waals surface area contributed by atoms with E-state index < -0.39 is 0 Å². The summed E-state index contributed by atoms with van der Waals surface area (Å²) in [4.78, 5) is 12.0. The molecule has 0 bridgehead atoms. The number of amides is 1. The van der Waals surface area contributed by atoms with Gasteiger partial charge >= 0.3 is 0 Å². The Morgan fingerprint density at radius 1 is 1.38 bits per heavy atom. The highest BCUT2D eigenvalue weighted by atomic mass is 35.5. The van der Waals surface area contributed by atoms with E-state index in [1.165, 1.54) is 5.56 Å². The fourth-order valence-electron chi connectivity index (χ4n) is 2.23. The molecule has 0 aliphatic carbocycles. The van der Waals surface area contributed by atoms with Crippen LogP contribution in [0.5, 0.6) is 0 Å². The summed E-state index contributed by atoms with van der Waals surface area (Å²) in [6.45, 7) is 3.79. The minimum Gasteiger partial charge on any atom is -0.347 e. The maximum Gasteiger partial charge on any atom is 0.273 e. The molecule has 1 aromatic carbocycles. The van der Waals surface area contributed by atoms with Crippen molar-refractivity contribution in [2.45, 2.75) is 19.4 Å². The Morgan fingerprint density at radius 3 is 2.81 bits per heavy atom. The summed E-state index contributed by atoms with van der Waals surface area (Å²) < 4.78 is 1.61. The van der Waals surface area contributed by atoms with E-state index in [1.807, 2.05) is 31.2 Å². The maximum atomic E-state index is 12.0. The van der Waals surface area contributed by atoms with Gasteiger partial charge < -0.3 is 10.6 Å². The number of hydrogen-bond donors (Lipinski definition) is 2. The van der Waals surface area contributed by atoms with Crippen molar-refractivity contribution in [1.82, 2.24) is 25.6 Å². The Kier molecular flexibility index (Phi) is 4.93. The van der Waals surface area contributed by atoms with Gasteiger partial charge in [-0.25, -0.2) is 4.68 Å². The summed E-state index contributed by atoms with van der Waals surface area (Å²) in [6.07, 6.45) is 2.61. The van der Waals surface area contributed by atoms with Gasteiger partial charge in [-0.05, 0) is 32.0 Å². The third kappa shape index (κ3) is 3.59. The van der Waals surface area contributed by atoms with Gasteiger partial charge in [0.05, 0.1) is 11.9 Å². The molecular formula is C14H18ClN5O. The van der Waals surface area contributed by atoms with Crippen molar-refractivity contribution in [3.05, 3.63) is 41.7 Å². The van der Waals surface area contributed by atoms with Crippen LogP contribution in [-0.2, 0) is 0 Å². The van der Waals surface area contributed by atoms with Crippen LogP contribution in [0.15, 0.2) is 30.5 Å². The van der Waals surface area contributed by atoms with Gasteiger partial charge in [-0.3, -0.25) is 4.79 Å². The number of carbonyl (C=O) groups is 1. The van der Waals surface area contributed by atoms with Gasteiger partial charge in [0.1, 0.15) is 0 Å². The largest absolute Gasteiger partial charge is 0.347 e. The van der Waals surface area contributed by atoms with Gasteiger partial charge in [0.25, 0.3) is 5.91 Å². The third-order valence-electron chi connectivity index (χ3n) is 3.42. The van der Waals surface area contributed by atoms with Crippen molar-refractivity contribution in [2.75, 3.05) is 13.1 Å². The van der Waals surface area contributed by atoms with Crippen molar-refractivity contribution in [3.63, 3.8) is 0 Å². The molecule has 1 aliphatic rings. The predicted octanol–water partition coefficient (Wildman–Crippen LogP) is 1.09. The molecule has 0 radical (unpaired) electrons. The zero-order chi connectivity index (χ0) is 13.9. The number of aryl methyl sites for hydroxylation is 1. The Balaban J connectivity index is 0.00000161. The number of benzene rings is 1. The van der Waals surface area contributed by atoms with Crippen molar-refractivity contribution in [3.8, 4) is 5.69 Å². The first-order valence-corrected chi connectivity index (χ1v) is 6.73. The minimum atomic E-state index is -0.169. The van der Waals surface area contributed by atoms with Gasteiger partial charge in [-0.15, -0.1) is 17.5 Å². The van der Waals surface area contributed by atoms with Crippen LogP contribution < -0.4 is 10.6 Å². The lowest BCUT2D eigenvalue weighted by Crippen LogP contribution is -2.36. The van der Waals surface area contributed by atoms with Crippen LogP contribution in [0.2, 0.25) is 0 Å². The fraction of sp³-hybridized carbons (Fsp3) is 0.357. The van der Waals surface area contributed by atoms with Gasteiger partial charge in [0.2, 0.25) is 0 Å². The molecule has 1 saturated heterocycles. The van der Waals surface area contributed by atoms with E-state index in [9.17, 15) is 4.79 Å². The second kappa shape index (κ2) is 6.69. The molecule has 6 nitrogen and oxygen atoms in total. The van der Waals surface area contributed by atoms with Gasteiger partial charge in [-0.1, -0.05) is 22.9 Å². The highest BCUT2D eigenvalue weighted by molar-refractivity contribution is 5.92. The first kappa shape index (κ1) is 15.5. The summed E-state index contributed by atoms with van der Waals surface area (Å²) in [5, 5.41) is 14.1. The highest BCUT2D eigenvalue weighted by Crippen LogP contribution is 2.08. The molecule has 21 heavy (non-hydrogen) atoms.